The first kappa shape index (κ1) is 22.9. The Balaban J connectivity index is 1.32. The normalized spacial score (nSPS) is 15.3. The summed E-state index contributed by atoms with van der Waals surface area (Å²) >= 11 is 0. The fraction of sp³-hybridized carbons (Fsp3) is 0.520. The van der Waals surface area contributed by atoms with E-state index in [2.05, 4.69) is 10.6 Å². The number of amides is 2. The summed E-state index contributed by atoms with van der Waals surface area (Å²) in [6.07, 6.45) is 10.0. The van der Waals surface area contributed by atoms with E-state index >= 15 is 0 Å². The van der Waals surface area contributed by atoms with Gasteiger partial charge in [0.05, 0.1) is 19.4 Å². The van der Waals surface area contributed by atoms with Gasteiger partial charge in [-0.3, -0.25) is 9.59 Å². The van der Waals surface area contributed by atoms with Crippen LogP contribution < -0.4 is 15.4 Å². The van der Waals surface area contributed by atoms with Crippen LogP contribution in [-0.2, 0) is 16.1 Å². The van der Waals surface area contributed by atoms with Crippen LogP contribution in [0.1, 0.15) is 64.1 Å². The molecule has 1 aliphatic rings. The van der Waals surface area contributed by atoms with Gasteiger partial charge in [-0.2, -0.15) is 0 Å². The number of nitrogens with one attached hydrogen (secondary N) is 2. The molecule has 2 N–H and O–H groups in total. The number of hydrogen-bond acceptors (Lipinski definition) is 4. The van der Waals surface area contributed by atoms with E-state index in [1.807, 2.05) is 37.3 Å². The van der Waals surface area contributed by atoms with E-state index in [4.69, 9.17) is 9.15 Å². The first-order valence-electron chi connectivity index (χ1n) is 11.4. The Bertz CT molecular complexity index is 795. The highest BCUT2D eigenvalue weighted by molar-refractivity contribution is 5.91. The Labute approximate surface area is 184 Å². The number of benzene rings is 1. The van der Waals surface area contributed by atoms with Crippen LogP contribution in [0.4, 0.5) is 5.69 Å². The zero-order chi connectivity index (χ0) is 21.9. The third-order valence-electron chi connectivity index (χ3n) is 5.77. The van der Waals surface area contributed by atoms with Crippen LogP contribution >= 0.6 is 0 Å². The van der Waals surface area contributed by atoms with Crippen molar-refractivity contribution in [3.63, 3.8) is 0 Å². The zero-order valence-corrected chi connectivity index (χ0v) is 18.4. The summed E-state index contributed by atoms with van der Waals surface area (Å²) < 4.78 is 11.1. The molecule has 1 aromatic carbocycles. The first-order valence-corrected chi connectivity index (χ1v) is 11.4. The second-order valence-corrected chi connectivity index (χ2v) is 8.58. The smallest absolute Gasteiger partial charge is 0.224 e. The van der Waals surface area contributed by atoms with E-state index < -0.39 is 0 Å². The average Bonchev–Trinajstić information content (AvgIpc) is 3.28. The van der Waals surface area contributed by atoms with Crippen LogP contribution in [0.25, 0.3) is 0 Å². The maximum atomic E-state index is 12.3. The van der Waals surface area contributed by atoms with Gasteiger partial charge in [0.15, 0.2) is 0 Å². The standard InChI is InChI=1S/C25H34N2O4/c1-19(16-24(28)26-18-23-8-5-14-30-23)17-25(29)27-21-9-11-22(12-10-21)31-15-13-20-6-3-2-4-7-20/h5,8-12,14,19-20H,2-4,6-7,13,15-18H2,1H3,(H,26,28)(H,27,29). The minimum atomic E-state index is -0.0997. The molecular weight excluding hydrogens is 392 g/mol. The van der Waals surface area contributed by atoms with Gasteiger partial charge in [0.25, 0.3) is 0 Å². The van der Waals surface area contributed by atoms with Gasteiger partial charge in [-0.05, 0) is 54.7 Å². The summed E-state index contributed by atoms with van der Waals surface area (Å²) in [6, 6.07) is 11.1. The van der Waals surface area contributed by atoms with Gasteiger partial charge in [0.2, 0.25) is 11.8 Å². The third kappa shape index (κ3) is 8.48. The van der Waals surface area contributed by atoms with Crippen LogP contribution in [0.3, 0.4) is 0 Å². The van der Waals surface area contributed by atoms with Crippen molar-refractivity contribution in [2.75, 3.05) is 11.9 Å². The van der Waals surface area contributed by atoms with Gasteiger partial charge >= 0.3 is 0 Å². The Morgan fingerprint density at radius 3 is 2.52 bits per heavy atom. The lowest BCUT2D eigenvalue weighted by molar-refractivity contribution is -0.122. The fourth-order valence-electron chi connectivity index (χ4n) is 4.04. The molecule has 0 radical (unpaired) electrons. The molecule has 1 aromatic heterocycles. The number of rotatable bonds is 11. The third-order valence-corrected chi connectivity index (χ3v) is 5.77. The molecule has 0 saturated heterocycles. The molecule has 0 spiro atoms. The van der Waals surface area contributed by atoms with Crippen LogP contribution in [-0.4, -0.2) is 18.4 Å². The summed E-state index contributed by atoms with van der Waals surface area (Å²) in [4.78, 5) is 24.3. The van der Waals surface area contributed by atoms with Crippen molar-refractivity contribution >= 4 is 17.5 Å². The van der Waals surface area contributed by atoms with Crippen molar-refractivity contribution in [1.82, 2.24) is 5.32 Å². The summed E-state index contributed by atoms with van der Waals surface area (Å²) in [7, 11) is 0. The zero-order valence-electron chi connectivity index (χ0n) is 18.4. The summed E-state index contributed by atoms with van der Waals surface area (Å²) in [5.41, 5.74) is 0.735. The second-order valence-electron chi connectivity index (χ2n) is 8.58. The van der Waals surface area contributed by atoms with Crippen molar-refractivity contribution in [2.24, 2.45) is 11.8 Å². The highest BCUT2D eigenvalue weighted by Gasteiger charge is 2.15. The Hall–Kier alpha value is -2.76. The molecule has 2 aromatic rings. The van der Waals surface area contributed by atoms with Gasteiger partial charge in [-0.25, -0.2) is 0 Å². The monoisotopic (exact) mass is 426 g/mol. The Morgan fingerprint density at radius 2 is 1.81 bits per heavy atom. The number of anilines is 1. The van der Waals surface area contributed by atoms with Crippen molar-refractivity contribution in [1.29, 1.82) is 0 Å². The lowest BCUT2D eigenvalue weighted by Crippen LogP contribution is -2.25. The molecule has 1 heterocycles. The van der Waals surface area contributed by atoms with Gasteiger partial charge < -0.3 is 19.8 Å². The molecule has 6 nitrogen and oxygen atoms in total. The fourth-order valence-corrected chi connectivity index (χ4v) is 4.04. The lowest BCUT2D eigenvalue weighted by atomic mass is 9.87. The number of carbonyl (C=O) groups excluding carboxylic acids is 2. The summed E-state index contributed by atoms with van der Waals surface area (Å²) in [6.45, 7) is 3.00. The van der Waals surface area contributed by atoms with Crippen molar-refractivity contribution in [3.05, 3.63) is 48.4 Å². The highest BCUT2D eigenvalue weighted by Crippen LogP contribution is 2.26. The van der Waals surface area contributed by atoms with Crippen molar-refractivity contribution < 1.29 is 18.7 Å². The predicted octanol–water partition coefficient (Wildman–Crippen LogP) is 5.30. The number of furan rings is 1. The molecule has 1 unspecified atom stereocenters. The lowest BCUT2D eigenvalue weighted by Gasteiger charge is -2.21. The van der Waals surface area contributed by atoms with E-state index in [0.717, 1.165) is 30.4 Å². The van der Waals surface area contributed by atoms with Gasteiger partial charge in [0, 0.05) is 18.5 Å². The molecular formula is C25H34N2O4. The predicted molar refractivity (Wildman–Crippen MR) is 121 cm³/mol. The minimum Gasteiger partial charge on any atom is -0.494 e. The van der Waals surface area contributed by atoms with Gasteiger partial charge in [-0.15, -0.1) is 0 Å². The van der Waals surface area contributed by atoms with E-state index in [9.17, 15) is 9.59 Å². The molecule has 31 heavy (non-hydrogen) atoms. The maximum absolute atomic E-state index is 12.3. The first-order chi connectivity index (χ1) is 15.1. The minimum absolute atomic E-state index is 0.0565. The van der Waals surface area contributed by atoms with Gasteiger partial charge in [0.1, 0.15) is 11.5 Å². The second kappa shape index (κ2) is 12.2. The molecule has 1 atom stereocenters. The van der Waals surface area contributed by atoms with Crippen LogP contribution in [0, 0.1) is 11.8 Å². The highest BCUT2D eigenvalue weighted by atomic mass is 16.5. The number of ether oxygens (including phenoxy) is 1. The maximum Gasteiger partial charge on any atom is 0.224 e. The average molecular weight is 427 g/mol. The van der Waals surface area contributed by atoms with E-state index in [1.165, 1.54) is 32.1 Å². The SMILES string of the molecule is CC(CC(=O)NCc1ccco1)CC(=O)Nc1ccc(OCCC2CCCCC2)cc1. The molecule has 0 aliphatic heterocycles. The quantitative estimate of drug-likeness (QED) is 0.511. The number of carbonyl (C=O) groups is 2. The van der Waals surface area contributed by atoms with Crippen molar-refractivity contribution in [2.45, 2.75) is 64.8 Å². The summed E-state index contributed by atoms with van der Waals surface area (Å²) in [5.74, 6) is 2.10. The summed E-state index contributed by atoms with van der Waals surface area (Å²) in [5, 5.41) is 5.70. The van der Waals surface area contributed by atoms with E-state index in [1.54, 1.807) is 12.3 Å². The molecule has 168 valence electrons. The van der Waals surface area contributed by atoms with Crippen molar-refractivity contribution in [3.8, 4) is 5.75 Å². The van der Waals surface area contributed by atoms with Crippen LogP contribution in [0.2, 0.25) is 0 Å². The molecule has 3 rings (SSSR count). The van der Waals surface area contributed by atoms with E-state index in [0.29, 0.717) is 18.7 Å². The van der Waals surface area contributed by atoms with Gasteiger partial charge in [-0.1, -0.05) is 39.0 Å². The topological polar surface area (TPSA) is 80.6 Å². The molecule has 1 saturated carbocycles. The molecule has 0 bridgehead atoms. The van der Waals surface area contributed by atoms with Crippen LogP contribution in [0.5, 0.6) is 5.75 Å². The largest absolute Gasteiger partial charge is 0.494 e. The Kier molecular flexibility index (Phi) is 9.00. The molecule has 2 amide bonds. The Morgan fingerprint density at radius 1 is 1.06 bits per heavy atom. The molecule has 1 fully saturated rings. The molecule has 1 aliphatic carbocycles. The van der Waals surface area contributed by atoms with Crippen LogP contribution in [0.15, 0.2) is 47.1 Å². The van der Waals surface area contributed by atoms with E-state index in [-0.39, 0.29) is 24.2 Å². The molecule has 6 heteroatoms. The number of hydrogen-bond donors (Lipinski definition) is 2.